The molecule has 0 atom stereocenters. The van der Waals surface area contributed by atoms with Crippen molar-refractivity contribution in [2.45, 2.75) is 19.8 Å². The molecule has 0 aliphatic carbocycles. The quantitative estimate of drug-likeness (QED) is 0.852. The standard InChI is InChI=1S/C16H17BrN2O3/c1-10(2)11-4-3-5-12(8-11)19-15(20)9-18-16(21)13-6-7-14(17)22-13/h3-8,10H,9H2,1-2H3,(H,18,21)(H,19,20). The van der Waals surface area contributed by atoms with E-state index in [9.17, 15) is 9.59 Å². The van der Waals surface area contributed by atoms with Crippen LogP contribution >= 0.6 is 15.9 Å². The van der Waals surface area contributed by atoms with Gasteiger partial charge < -0.3 is 15.1 Å². The van der Waals surface area contributed by atoms with Gasteiger partial charge in [-0.1, -0.05) is 26.0 Å². The van der Waals surface area contributed by atoms with Crippen LogP contribution in [0.15, 0.2) is 45.5 Å². The van der Waals surface area contributed by atoms with E-state index in [1.54, 1.807) is 6.07 Å². The normalized spacial score (nSPS) is 10.5. The lowest BCUT2D eigenvalue weighted by atomic mass is 10.0. The summed E-state index contributed by atoms with van der Waals surface area (Å²) in [6, 6.07) is 10.8. The summed E-state index contributed by atoms with van der Waals surface area (Å²) in [5.74, 6) is -0.188. The van der Waals surface area contributed by atoms with Crippen molar-refractivity contribution in [3.8, 4) is 0 Å². The Bertz CT molecular complexity index is 680. The van der Waals surface area contributed by atoms with E-state index in [0.717, 1.165) is 5.56 Å². The van der Waals surface area contributed by atoms with Gasteiger partial charge in [-0.25, -0.2) is 0 Å². The van der Waals surface area contributed by atoms with E-state index in [4.69, 9.17) is 4.42 Å². The van der Waals surface area contributed by atoms with Crippen LogP contribution in [0.3, 0.4) is 0 Å². The summed E-state index contributed by atoms with van der Waals surface area (Å²) in [5, 5.41) is 5.26. The number of hydrogen-bond acceptors (Lipinski definition) is 3. The van der Waals surface area contributed by atoms with Gasteiger partial charge >= 0.3 is 0 Å². The smallest absolute Gasteiger partial charge is 0.287 e. The average Bonchev–Trinajstić information content (AvgIpc) is 2.91. The van der Waals surface area contributed by atoms with Crippen LogP contribution in [0.2, 0.25) is 0 Å². The largest absolute Gasteiger partial charge is 0.444 e. The van der Waals surface area contributed by atoms with Crippen LogP contribution in [0.4, 0.5) is 5.69 Å². The minimum atomic E-state index is -0.434. The lowest BCUT2D eigenvalue weighted by Gasteiger charge is -2.09. The number of furan rings is 1. The van der Waals surface area contributed by atoms with Crippen molar-refractivity contribution in [2.24, 2.45) is 0 Å². The molecule has 2 amide bonds. The van der Waals surface area contributed by atoms with Crippen molar-refractivity contribution in [3.63, 3.8) is 0 Å². The summed E-state index contributed by atoms with van der Waals surface area (Å²) in [5.41, 5.74) is 1.86. The monoisotopic (exact) mass is 364 g/mol. The molecule has 1 aromatic carbocycles. The Balaban J connectivity index is 1.88. The first-order valence-electron chi connectivity index (χ1n) is 6.89. The van der Waals surface area contributed by atoms with Gasteiger partial charge in [0.15, 0.2) is 10.4 Å². The summed E-state index contributed by atoms with van der Waals surface area (Å²) in [6.45, 7) is 4.05. The number of anilines is 1. The SMILES string of the molecule is CC(C)c1cccc(NC(=O)CNC(=O)c2ccc(Br)o2)c1. The molecule has 1 heterocycles. The maximum atomic E-state index is 11.9. The molecule has 0 fully saturated rings. The Kier molecular flexibility index (Phi) is 5.38. The topological polar surface area (TPSA) is 71.3 Å². The number of halogens is 1. The minimum absolute atomic E-state index is 0.122. The molecule has 6 heteroatoms. The van der Waals surface area contributed by atoms with Crippen LogP contribution < -0.4 is 10.6 Å². The van der Waals surface area contributed by atoms with Gasteiger partial charge in [-0.2, -0.15) is 0 Å². The summed E-state index contributed by atoms with van der Waals surface area (Å²) < 4.78 is 5.58. The molecule has 0 saturated heterocycles. The molecule has 2 rings (SSSR count). The minimum Gasteiger partial charge on any atom is -0.444 e. The highest BCUT2D eigenvalue weighted by Crippen LogP contribution is 2.18. The first kappa shape index (κ1) is 16.3. The van der Waals surface area contributed by atoms with E-state index < -0.39 is 5.91 Å². The Hall–Kier alpha value is -2.08. The van der Waals surface area contributed by atoms with Gasteiger partial charge in [0.1, 0.15) is 0 Å². The number of amides is 2. The van der Waals surface area contributed by atoms with Crippen LogP contribution in [0.5, 0.6) is 0 Å². The number of rotatable bonds is 5. The number of carbonyl (C=O) groups excluding carboxylic acids is 2. The van der Waals surface area contributed by atoms with Crippen LogP contribution in [-0.2, 0) is 4.79 Å². The van der Waals surface area contributed by atoms with E-state index in [1.807, 2.05) is 24.3 Å². The number of carbonyl (C=O) groups is 2. The summed E-state index contributed by atoms with van der Waals surface area (Å²) in [6.07, 6.45) is 0. The predicted molar refractivity (Wildman–Crippen MR) is 87.9 cm³/mol. The second kappa shape index (κ2) is 7.26. The Morgan fingerprint density at radius 1 is 1.23 bits per heavy atom. The van der Waals surface area contributed by atoms with Crippen LogP contribution in [0, 0.1) is 0 Å². The number of hydrogen-bond donors (Lipinski definition) is 2. The molecule has 2 N–H and O–H groups in total. The molecule has 0 radical (unpaired) electrons. The second-order valence-corrected chi connectivity index (χ2v) is 5.90. The highest BCUT2D eigenvalue weighted by Gasteiger charge is 2.12. The van der Waals surface area contributed by atoms with Crippen LogP contribution in [0.1, 0.15) is 35.9 Å². The van der Waals surface area contributed by atoms with Crippen LogP contribution in [0.25, 0.3) is 0 Å². The third-order valence-corrected chi connectivity index (χ3v) is 3.47. The molecular weight excluding hydrogens is 348 g/mol. The van der Waals surface area contributed by atoms with Crippen molar-refractivity contribution in [1.29, 1.82) is 0 Å². The molecule has 1 aromatic heterocycles. The van der Waals surface area contributed by atoms with Crippen molar-refractivity contribution in [1.82, 2.24) is 5.32 Å². The van der Waals surface area contributed by atoms with E-state index in [1.165, 1.54) is 6.07 Å². The molecule has 2 aromatic rings. The van der Waals surface area contributed by atoms with Gasteiger partial charge in [0.25, 0.3) is 5.91 Å². The first-order valence-corrected chi connectivity index (χ1v) is 7.68. The molecule has 0 aliphatic rings. The molecule has 5 nitrogen and oxygen atoms in total. The molecule has 0 unspecified atom stereocenters. The maximum Gasteiger partial charge on any atom is 0.287 e. The molecule has 0 saturated carbocycles. The van der Waals surface area contributed by atoms with E-state index in [2.05, 4.69) is 40.4 Å². The summed E-state index contributed by atoms with van der Waals surface area (Å²) in [4.78, 5) is 23.6. The van der Waals surface area contributed by atoms with E-state index in [0.29, 0.717) is 16.3 Å². The zero-order chi connectivity index (χ0) is 16.1. The number of benzene rings is 1. The third kappa shape index (κ3) is 4.46. The lowest BCUT2D eigenvalue weighted by molar-refractivity contribution is -0.115. The van der Waals surface area contributed by atoms with Crippen LogP contribution in [-0.4, -0.2) is 18.4 Å². The van der Waals surface area contributed by atoms with Gasteiger partial charge in [0.2, 0.25) is 5.91 Å². The molecule has 0 spiro atoms. The zero-order valence-electron chi connectivity index (χ0n) is 12.4. The highest BCUT2D eigenvalue weighted by atomic mass is 79.9. The fraction of sp³-hybridized carbons (Fsp3) is 0.250. The van der Waals surface area contributed by atoms with Gasteiger partial charge in [-0.15, -0.1) is 0 Å². The Labute approximate surface area is 137 Å². The van der Waals surface area contributed by atoms with E-state index >= 15 is 0 Å². The fourth-order valence-corrected chi connectivity index (χ4v) is 2.17. The molecule has 0 bridgehead atoms. The average molecular weight is 365 g/mol. The van der Waals surface area contributed by atoms with E-state index in [-0.39, 0.29) is 18.2 Å². The lowest BCUT2D eigenvalue weighted by Crippen LogP contribution is -2.32. The van der Waals surface area contributed by atoms with Crippen molar-refractivity contribution >= 4 is 33.4 Å². The predicted octanol–water partition coefficient (Wildman–Crippen LogP) is 3.53. The van der Waals surface area contributed by atoms with Crippen molar-refractivity contribution in [2.75, 3.05) is 11.9 Å². The van der Waals surface area contributed by atoms with Gasteiger partial charge in [-0.05, 0) is 51.7 Å². The summed E-state index contributed by atoms with van der Waals surface area (Å²) in [7, 11) is 0. The Morgan fingerprint density at radius 3 is 2.64 bits per heavy atom. The second-order valence-electron chi connectivity index (χ2n) is 5.11. The Morgan fingerprint density at radius 2 is 2.00 bits per heavy atom. The summed E-state index contributed by atoms with van der Waals surface area (Å²) >= 11 is 3.12. The fourth-order valence-electron chi connectivity index (χ4n) is 1.86. The highest BCUT2D eigenvalue weighted by molar-refractivity contribution is 9.10. The zero-order valence-corrected chi connectivity index (χ0v) is 13.9. The molecule has 22 heavy (non-hydrogen) atoms. The van der Waals surface area contributed by atoms with Gasteiger partial charge in [0.05, 0.1) is 6.54 Å². The molecule has 0 aliphatic heterocycles. The molecular formula is C16H17BrN2O3. The maximum absolute atomic E-state index is 11.9. The third-order valence-electron chi connectivity index (χ3n) is 3.04. The van der Waals surface area contributed by atoms with Crippen molar-refractivity contribution in [3.05, 3.63) is 52.4 Å². The van der Waals surface area contributed by atoms with Gasteiger partial charge in [0, 0.05) is 5.69 Å². The molecule has 116 valence electrons. The van der Waals surface area contributed by atoms with Gasteiger partial charge in [-0.3, -0.25) is 9.59 Å². The van der Waals surface area contributed by atoms with Crippen molar-refractivity contribution < 1.29 is 14.0 Å². The number of nitrogens with one attached hydrogen (secondary N) is 2. The first-order chi connectivity index (χ1) is 10.5.